The van der Waals surface area contributed by atoms with Gasteiger partial charge in [-0.1, -0.05) is 43.1 Å². The van der Waals surface area contributed by atoms with Crippen LogP contribution in [-0.4, -0.2) is 21.6 Å². The largest absolute Gasteiger partial charge is 0.858 e. The lowest BCUT2D eigenvalue weighted by Gasteiger charge is -2.16. The van der Waals surface area contributed by atoms with Crippen molar-refractivity contribution < 1.29 is 23.7 Å². The number of aryl methyl sites for hydroxylation is 1. The molecule has 2 amide bonds. The Morgan fingerprint density at radius 1 is 0.972 bits per heavy atom. The summed E-state index contributed by atoms with van der Waals surface area (Å²) in [5, 5.41) is 18.7. The summed E-state index contributed by atoms with van der Waals surface area (Å²) < 4.78 is 17.4. The molecule has 0 aliphatic carbocycles. The van der Waals surface area contributed by atoms with Crippen molar-refractivity contribution in [3.05, 3.63) is 101 Å². The first kappa shape index (κ1) is 23.4. The van der Waals surface area contributed by atoms with Gasteiger partial charge in [-0.2, -0.15) is 9.67 Å². The highest BCUT2D eigenvalue weighted by Gasteiger charge is 2.48. The summed E-state index contributed by atoms with van der Waals surface area (Å²) in [5.74, 6) is -2.81. The number of aromatic nitrogens is 3. The van der Waals surface area contributed by atoms with Gasteiger partial charge in [0.25, 0.3) is 11.6 Å². The van der Waals surface area contributed by atoms with Crippen molar-refractivity contribution in [1.29, 1.82) is 0 Å². The zero-order chi connectivity index (χ0) is 25.4. The lowest BCUT2D eigenvalue weighted by Crippen LogP contribution is -2.39. The molecule has 7 nitrogen and oxygen atoms in total. The zero-order valence-electron chi connectivity index (χ0n) is 19.2. The predicted molar refractivity (Wildman–Crippen MR) is 131 cm³/mol. The Bertz CT molecular complexity index is 1510. The maximum atomic E-state index is 14.7. The third kappa shape index (κ3) is 3.85. The van der Waals surface area contributed by atoms with Gasteiger partial charge >= 0.3 is 5.91 Å². The quantitative estimate of drug-likeness (QED) is 0.295. The van der Waals surface area contributed by atoms with E-state index in [0.29, 0.717) is 29.2 Å². The average Bonchev–Trinajstić information content (AvgIpc) is 3.33. The molecule has 0 atom stereocenters. The first-order chi connectivity index (χ1) is 17.4. The molecule has 0 fully saturated rings. The van der Waals surface area contributed by atoms with Crippen molar-refractivity contribution in [3.63, 3.8) is 0 Å². The number of imide groups is 1. The molecule has 0 saturated carbocycles. The Labute approximate surface area is 211 Å². The number of nitrogens with zero attached hydrogens (tertiary/aromatic N) is 4. The summed E-state index contributed by atoms with van der Waals surface area (Å²) in [6, 6.07) is 17.2. The van der Waals surface area contributed by atoms with Gasteiger partial charge in [0.1, 0.15) is 11.4 Å². The van der Waals surface area contributed by atoms with Crippen LogP contribution in [-0.2, 0) is 16.0 Å². The van der Waals surface area contributed by atoms with Gasteiger partial charge in [0.15, 0.2) is 12.4 Å². The smallest absolute Gasteiger partial charge is 0.331 e. The summed E-state index contributed by atoms with van der Waals surface area (Å²) in [5.41, 5.74) is 0.506. The maximum Gasteiger partial charge on any atom is 0.331 e. The molecule has 1 aliphatic heterocycles. The summed E-state index contributed by atoms with van der Waals surface area (Å²) >= 11 is 6.00. The Morgan fingerprint density at radius 3 is 2.33 bits per heavy atom. The van der Waals surface area contributed by atoms with E-state index in [2.05, 4.69) is 5.10 Å². The van der Waals surface area contributed by atoms with E-state index in [1.807, 2.05) is 6.92 Å². The Hall–Kier alpha value is -4.30. The first-order valence-corrected chi connectivity index (χ1v) is 11.7. The second-order valence-electron chi connectivity index (χ2n) is 8.17. The van der Waals surface area contributed by atoms with Crippen LogP contribution in [0.15, 0.2) is 79.1 Å². The molecule has 0 spiro atoms. The molecule has 0 bridgehead atoms. The molecule has 0 unspecified atom stereocenters. The van der Waals surface area contributed by atoms with Gasteiger partial charge in [-0.05, 0) is 48.7 Å². The van der Waals surface area contributed by atoms with Gasteiger partial charge in [-0.15, -0.1) is 0 Å². The first-order valence-electron chi connectivity index (χ1n) is 11.3. The molecule has 9 heteroatoms. The van der Waals surface area contributed by atoms with E-state index in [1.165, 1.54) is 33.5 Å². The fourth-order valence-corrected chi connectivity index (χ4v) is 4.37. The number of rotatable bonds is 6. The van der Waals surface area contributed by atoms with Gasteiger partial charge in [-0.3, -0.25) is 9.59 Å². The van der Waals surface area contributed by atoms with Crippen LogP contribution in [0.5, 0.6) is 5.88 Å². The second kappa shape index (κ2) is 9.39. The number of benzene rings is 2. The van der Waals surface area contributed by atoms with Gasteiger partial charge < -0.3 is 5.11 Å². The normalized spacial score (nSPS) is 13.7. The van der Waals surface area contributed by atoms with E-state index in [1.54, 1.807) is 54.9 Å². The summed E-state index contributed by atoms with van der Waals surface area (Å²) in [6.07, 6.45) is 4.23. The summed E-state index contributed by atoms with van der Waals surface area (Å²) in [6.45, 7) is 1.92. The molecule has 3 heterocycles. The highest BCUT2D eigenvalue weighted by molar-refractivity contribution is 6.53. The van der Waals surface area contributed by atoms with E-state index in [-0.39, 0.29) is 22.5 Å². The van der Waals surface area contributed by atoms with E-state index < -0.39 is 23.5 Å². The molecule has 180 valence electrons. The number of pyridine rings is 1. The summed E-state index contributed by atoms with van der Waals surface area (Å²) in [7, 11) is 0. The van der Waals surface area contributed by atoms with Crippen LogP contribution in [0.1, 0.15) is 24.6 Å². The van der Waals surface area contributed by atoms with Crippen LogP contribution < -0.4 is 14.6 Å². The minimum atomic E-state index is -0.790. The number of hydrogen-bond donors (Lipinski definition) is 0. The van der Waals surface area contributed by atoms with Crippen molar-refractivity contribution in [3.8, 4) is 11.6 Å². The number of halogens is 2. The van der Waals surface area contributed by atoms with E-state index >= 15 is 0 Å². The molecular weight excluding hydrogens is 483 g/mol. The van der Waals surface area contributed by atoms with Crippen molar-refractivity contribution in [2.75, 3.05) is 4.90 Å². The van der Waals surface area contributed by atoms with Gasteiger partial charge in [0, 0.05) is 22.7 Å². The number of para-hydroxylation sites is 1. The lowest BCUT2D eigenvalue weighted by atomic mass is 10.0. The molecule has 2 aromatic heterocycles. The van der Waals surface area contributed by atoms with Gasteiger partial charge in [-0.25, -0.2) is 14.0 Å². The van der Waals surface area contributed by atoms with Crippen LogP contribution in [0, 0.1) is 5.82 Å². The van der Waals surface area contributed by atoms with Crippen molar-refractivity contribution in [2.24, 2.45) is 0 Å². The number of carbonyl (C=O) groups is 2. The third-order valence-electron chi connectivity index (χ3n) is 5.85. The Balaban J connectivity index is 1.77. The molecule has 36 heavy (non-hydrogen) atoms. The second-order valence-corrected chi connectivity index (χ2v) is 8.60. The van der Waals surface area contributed by atoms with Crippen LogP contribution in [0.4, 0.5) is 10.1 Å². The van der Waals surface area contributed by atoms with Crippen LogP contribution >= 0.6 is 11.6 Å². The monoisotopic (exact) mass is 502 g/mol. The highest BCUT2D eigenvalue weighted by atomic mass is 35.5. The van der Waals surface area contributed by atoms with E-state index in [9.17, 15) is 19.1 Å². The zero-order valence-corrected chi connectivity index (χ0v) is 19.9. The molecule has 0 radical (unpaired) electrons. The predicted octanol–water partition coefficient (Wildman–Crippen LogP) is 3.92. The Kier molecular flexibility index (Phi) is 6.12. The van der Waals surface area contributed by atoms with E-state index in [0.717, 1.165) is 4.90 Å². The molecule has 5 rings (SSSR count). The van der Waals surface area contributed by atoms with Gasteiger partial charge in [0.2, 0.25) is 0 Å². The number of carbonyl (C=O) groups excluding carboxylic acids is 2. The molecule has 4 aromatic rings. The number of hydrogen-bond acceptors (Lipinski definition) is 4. The SMILES string of the molecule is CCCc1nn(-c2ccc(Cl)cc2)c([O-])c1C1=C([n+]2ccccc2)C(=O)N(c2ccccc2F)C1=O. The standard InChI is InChI=1S/C27H20ClFN4O3/c1-2-8-20-22(26(35)33(30-20)18-13-11-17(28)12-14-18)23-24(31-15-6-3-7-16-31)27(36)32(25(23)34)21-10-5-4-9-19(21)29/h3-7,9-16H,2,8H2,1H3. The van der Waals surface area contributed by atoms with Gasteiger partial charge in [0.05, 0.1) is 17.1 Å². The fourth-order valence-electron chi connectivity index (χ4n) is 4.25. The van der Waals surface area contributed by atoms with Crippen molar-refractivity contribution in [1.82, 2.24) is 9.78 Å². The number of amides is 2. The Morgan fingerprint density at radius 2 is 1.67 bits per heavy atom. The maximum absolute atomic E-state index is 14.7. The molecule has 1 aliphatic rings. The van der Waals surface area contributed by atoms with Crippen LogP contribution in [0.2, 0.25) is 5.02 Å². The minimum Gasteiger partial charge on any atom is -0.858 e. The topological polar surface area (TPSA) is 82.1 Å². The molecule has 2 aromatic carbocycles. The number of anilines is 1. The third-order valence-corrected chi connectivity index (χ3v) is 6.10. The minimum absolute atomic E-state index is 0.0235. The van der Waals surface area contributed by atoms with Crippen molar-refractivity contribution in [2.45, 2.75) is 19.8 Å². The van der Waals surface area contributed by atoms with Crippen molar-refractivity contribution >= 4 is 40.4 Å². The molecule has 0 saturated heterocycles. The van der Waals surface area contributed by atoms with Crippen LogP contribution in [0.3, 0.4) is 0 Å². The highest BCUT2D eigenvalue weighted by Crippen LogP contribution is 2.39. The van der Waals surface area contributed by atoms with E-state index in [4.69, 9.17) is 11.6 Å². The van der Waals surface area contributed by atoms with Crippen LogP contribution in [0.25, 0.3) is 17.0 Å². The molecule has 0 N–H and O–H groups in total. The summed E-state index contributed by atoms with van der Waals surface area (Å²) in [4.78, 5) is 28.3. The fraction of sp³-hybridized carbons (Fsp3) is 0.111. The molecular formula is C27H20ClFN4O3. The lowest BCUT2D eigenvalue weighted by molar-refractivity contribution is -0.576. The average molecular weight is 503 g/mol.